The highest BCUT2D eigenvalue weighted by atomic mass is 32.2. The van der Waals surface area contributed by atoms with Gasteiger partial charge in [-0.25, -0.2) is 13.4 Å². The normalized spacial score (nSPS) is 15.3. The first-order valence-corrected chi connectivity index (χ1v) is 8.90. The zero-order valence-corrected chi connectivity index (χ0v) is 12.6. The number of rotatable bonds is 5. The zero-order chi connectivity index (χ0) is 15.0. The third-order valence-corrected chi connectivity index (χ3v) is 4.15. The molecule has 0 radical (unpaired) electrons. The van der Waals surface area contributed by atoms with Gasteiger partial charge in [0.15, 0.2) is 9.84 Å². The van der Waals surface area contributed by atoms with Gasteiger partial charge in [0.1, 0.15) is 18.1 Å². The molecule has 21 heavy (non-hydrogen) atoms. The second kappa shape index (κ2) is 5.14. The first-order valence-electron chi connectivity index (χ1n) is 6.83. The van der Waals surface area contributed by atoms with E-state index < -0.39 is 9.84 Å². The number of para-hydroxylation sites is 2. The Balaban J connectivity index is 1.96. The summed E-state index contributed by atoms with van der Waals surface area (Å²) in [5.41, 5.74) is 1.48. The van der Waals surface area contributed by atoms with Crippen molar-refractivity contribution in [3.05, 3.63) is 30.1 Å². The van der Waals surface area contributed by atoms with Crippen molar-refractivity contribution in [3.63, 3.8) is 0 Å². The fourth-order valence-corrected chi connectivity index (χ4v) is 2.98. The molecule has 1 aromatic heterocycles. The minimum atomic E-state index is -3.21. The van der Waals surface area contributed by atoms with Crippen LogP contribution in [0.5, 0.6) is 0 Å². The molecular formula is C14H17N3O3S. The van der Waals surface area contributed by atoms with Gasteiger partial charge in [0.2, 0.25) is 5.91 Å². The Labute approximate surface area is 123 Å². The molecule has 0 spiro atoms. The minimum absolute atomic E-state index is 0.0991. The third kappa shape index (κ3) is 3.41. The van der Waals surface area contributed by atoms with Crippen LogP contribution in [0.3, 0.4) is 0 Å². The molecule has 1 fully saturated rings. The fraction of sp³-hybridized carbons (Fsp3) is 0.429. The van der Waals surface area contributed by atoms with Crippen molar-refractivity contribution < 1.29 is 13.2 Å². The van der Waals surface area contributed by atoms with Gasteiger partial charge in [-0.3, -0.25) is 4.79 Å². The van der Waals surface area contributed by atoms with E-state index in [-0.39, 0.29) is 24.2 Å². The first kappa shape index (κ1) is 14.1. The molecule has 1 aliphatic rings. The summed E-state index contributed by atoms with van der Waals surface area (Å²) >= 11 is 0. The lowest BCUT2D eigenvalue weighted by atomic mass is 10.3. The largest absolute Gasteiger partial charge is 0.352 e. The number of hydrogen-bond acceptors (Lipinski definition) is 4. The molecule has 1 aliphatic carbocycles. The van der Waals surface area contributed by atoms with Gasteiger partial charge >= 0.3 is 0 Å². The van der Waals surface area contributed by atoms with E-state index in [1.807, 2.05) is 24.3 Å². The van der Waals surface area contributed by atoms with Gasteiger partial charge in [-0.2, -0.15) is 0 Å². The van der Waals surface area contributed by atoms with Crippen LogP contribution in [0.2, 0.25) is 0 Å². The monoisotopic (exact) mass is 307 g/mol. The van der Waals surface area contributed by atoms with Gasteiger partial charge in [-0.05, 0) is 25.0 Å². The van der Waals surface area contributed by atoms with E-state index in [0.29, 0.717) is 11.3 Å². The smallest absolute Gasteiger partial charge is 0.240 e. The van der Waals surface area contributed by atoms with E-state index in [1.165, 1.54) is 6.26 Å². The number of amides is 1. The Morgan fingerprint density at radius 3 is 2.76 bits per heavy atom. The maximum absolute atomic E-state index is 12.0. The van der Waals surface area contributed by atoms with Crippen molar-refractivity contribution in [3.8, 4) is 0 Å². The van der Waals surface area contributed by atoms with E-state index in [0.717, 1.165) is 18.4 Å². The van der Waals surface area contributed by atoms with Crippen molar-refractivity contribution in [2.75, 3.05) is 6.26 Å². The van der Waals surface area contributed by atoms with E-state index in [2.05, 4.69) is 10.3 Å². The molecule has 1 N–H and O–H groups in total. The standard InChI is InChI=1S/C14H17N3O3S/c1-21(19,20)9-13-16-11-4-2-3-5-12(11)17(13)8-14(18)15-10-6-7-10/h2-5,10H,6-9H2,1H3,(H,15,18). The van der Waals surface area contributed by atoms with Gasteiger partial charge in [-0.1, -0.05) is 12.1 Å². The van der Waals surface area contributed by atoms with Crippen LogP contribution in [0.1, 0.15) is 18.7 Å². The van der Waals surface area contributed by atoms with Crippen molar-refractivity contribution >= 4 is 26.8 Å². The molecular weight excluding hydrogens is 290 g/mol. The number of carbonyl (C=O) groups excluding carboxylic acids is 1. The van der Waals surface area contributed by atoms with Crippen molar-refractivity contribution in [1.82, 2.24) is 14.9 Å². The molecule has 3 rings (SSSR count). The molecule has 7 heteroatoms. The highest BCUT2D eigenvalue weighted by Crippen LogP contribution is 2.20. The predicted molar refractivity (Wildman–Crippen MR) is 79.4 cm³/mol. The number of sulfone groups is 1. The highest BCUT2D eigenvalue weighted by Gasteiger charge is 2.24. The number of benzene rings is 1. The lowest BCUT2D eigenvalue weighted by molar-refractivity contribution is -0.121. The third-order valence-electron chi connectivity index (χ3n) is 3.37. The molecule has 2 aromatic rings. The van der Waals surface area contributed by atoms with Gasteiger partial charge in [0.25, 0.3) is 0 Å². The summed E-state index contributed by atoms with van der Waals surface area (Å²) in [5, 5.41) is 2.91. The van der Waals surface area contributed by atoms with Crippen molar-refractivity contribution in [1.29, 1.82) is 0 Å². The number of imidazole rings is 1. The average molecular weight is 307 g/mol. The second-order valence-corrected chi connectivity index (χ2v) is 7.65. The molecule has 1 heterocycles. The van der Waals surface area contributed by atoms with Crippen LogP contribution in [-0.2, 0) is 26.9 Å². The van der Waals surface area contributed by atoms with Crippen LogP contribution >= 0.6 is 0 Å². The molecule has 0 bridgehead atoms. The summed E-state index contributed by atoms with van der Waals surface area (Å²) in [4.78, 5) is 16.4. The number of aromatic nitrogens is 2. The summed E-state index contributed by atoms with van der Waals surface area (Å²) in [6.07, 6.45) is 3.21. The van der Waals surface area contributed by atoms with Crippen LogP contribution in [0.15, 0.2) is 24.3 Å². The molecule has 1 aromatic carbocycles. The Kier molecular flexibility index (Phi) is 3.44. The number of carbonyl (C=O) groups is 1. The topological polar surface area (TPSA) is 81.1 Å². The fourth-order valence-electron chi connectivity index (χ4n) is 2.29. The summed E-state index contributed by atoms with van der Waals surface area (Å²) in [5.74, 6) is 0.137. The molecule has 1 saturated carbocycles. The maximum Gasteiger partial charge on any atom is 0.240 e. The first-order chi connectivity index (χ1) is 9.92. The number of hydrogen-bond donors (Lipinski definition) is 1. The Hall–Kier alpha value is -1.89. The molecule has 0 aliphatic heterocycles. The quantitative estimate of drug-likeness (QED) is 0.888. The van der Waals surface area contributed by atoms with Crippen molar-refractivity contribution in [2.24, 2.45) is 0 Å². The maximum atomic E-state index is 12.0. The molecule has 0 saturated heterocycles. The second-order valence-electron chi connectivity index (χ2n) is 5.51. The summed E-state index contributed by atoms with van der Waals surface area (Å²) < 4.78 is 24.8. The van der Waals surface area contributed by atoms with Gasteiger partial charge in [0, 0.05) is 12.3 Å². The summed E-state index contributed by atoms with van der Waals surface area (Å²) in [7, 11) is -3.21. The van der Waals surface area contributed by atoms with Crippen LogP contribution in [0.25, 0.3) is 11.0 Å². The van der Waals surface area contributed by atoms with Crippen LogP contribution in [-0.4, -0.2) is 36.2 Å². The molecule has 1 amide bonds. The van der Waals surface area contributed by atoms with Gasteiger partial charge < -0.3 is 9.88 Å². The van der Waals surface area contributed by atoms with Gasteiger partial charge in [-0.15, -0.1) is 0 Å². The van der Waals surface area contributed by atoms with Gasteiger partial charge in [0.05, 0.1) is 11.0 Å². The Bertz CT molecular complexity index is 791. The van der Waals surface area contributed by atoms with E-state index in [9.17, 15) is 13.2 Å². The van der Waals surface area contributed by atoms with Crippen LogP contribution in [0, 0.1) is 0 Å². The number of fused-ring (bicyclic) bond motifs is 1. The SMILES string of the molecule is CS(=O)(=O)Cc1nc2ccccc2n1CC(=O)NC1CC1. The number of nitrogens with zero attached hydrogens (tertiary/aromatic N) is 2. The van der Waals surface area contributed by atoms with Crippen LogP contribution < -0.4 is 5.32 Å². The lowest BCUT2D eigenvalue weighted by Crippen LogP contribution is -2.30. The molecule has 112 valence electrons. The summed E-state index contributed by atoms with van der Waals surface area (Å²) in [6, 6.07) is 7.64. The predicted octanol–water partition coefficient (Wildman–Crippen LogP) is 0.859. The highest BCUT2D eigenvalue weighted by molar-refractivity contribution is 7.89. The number of nitrogens with one attached hydrogen (secondary N) is 1. The summed E-state index contributed by atoms with van der Waals surface area (Å²) in [6.45, 7) is 0.0991. The Morgan fingerprint density at radius 2 is 2.10 bits per heavy atom. The lowest BCUT2D eigenvalue weighted by Gasteiger charge is -2.09. The van der Waals surface area contributed by atoms with E-state index >= 15 is 0 Å². The van der Waals surface area contributed by atoms with E-state index in [4.69, 9.17) is 0 Å². The van der Waals surface area contributed by atoms with E-state index in [1.54, 1.807) is 4.57 Å². The Morgan fingerprint density at radius 1 is 1.38 bits per heavy atom. The molecule has 6 nitrogen and oxygen atoms in total. The minimum Gasteiger partial charge on any atom is -0.352 e. The average Bonchev–Trinajstić information content (AvgIpc) is 3.12. The zero-order valence-electron chi connectivity index (χ0n) is 11.7. The van der Waals surface area contributed by atoms with Crippen molar-refractivity contribution in [2.45, 2.75) is 31.2 Å². The van der Waals surface area contributed by atoms with Crippen LogP contribution in [0.4, 0.5) is 0 Å². The molecule has 0 unspecified atom stereocenters. The molecule has 0 atom stereocenters.